The molecule has 12 heavy (non-hydrogen) atoms. The minimum atomic E-state index is 0.0302. The second-order valence-electron chi connectivity index (χ2n) is 2.81. The monoisotopic (exact) mass is 166 g/mol. The molecule has 0 radical (unpaired) electrons. The first-order chi connectivity index (χ1) is 5.45. The normalized spacial score (nSPS) is 13.0. The second kappa shape index (κ2) is 4.65. The van der Waals surface area contributed by atoms with E-state index in [1.165, 1.54) is 13.8 Å². The molecule has 0 aliphatic heterocycles. The number of carbonyl (C=O) groups excluding carboxylic acids is 2. The van der Waals surface area contributed by atoms with E-state index in [1.54, 1.807) is 26.0 Å². The number of allylic oxidation sites excluding steroid dienone is 4. The van der Waals surface area contributed by atoms with Crippen molar-refractivity contribution in [2.75, 3.05) is 0 Å². The zero-order valence-electron chi connectivity index (χ0n) is 7.97. The SMILES string of the molecule is CC(=O)C(C)=CC=C(C)C(C)=O. The molecule has 66 valence electrons. The smallest absolute Gasteiger partial charge is 0.155 e. The molecule has 0 heterocycles. The standard InChI is InChI=1S/C10H14O2/c1-7(9(3)11)5-6-8(2)10(4)12/h5-6H,1-4H3. The third-order valence-corrected chi connectivity index (χ3v) is 1.69. The van der Waals surface area contributed by atoms with Crippen LogP contribution in [0.2, 0.25) is 0 Å². The molecular formula is C10H14O2. The van der Waals surface area contributed by atoms with Gasteiger partial charge in [-0.1, -0.05) is 12.2 Å². The molecule has 0 atom stereocenters. The zero-order chi connectivity index (χ0) is 9.72. The van der Waals surface area contributed by atoms with Crippen molar-refractivity contribution < 1.29 is 9.59 Å². The molecule has 0 fully saturated rings. The van der Waals surface area contributed by atoms with Gasteiger partial charge in [-0.25, -0.2) is 0 Å². The third-order valence-electron chi connectivity index (χ3n) is 1.69. The molecule has 0 unspecified atom stereocenters. The van der Waals surface area contributed by atoms with Crippen LogP contribution in [0.15, 0.2) is 23.3 Å². The highest BCUT2D eigenvalue weighted by Crippen LogP contribution is 1.99. The lowest BCUT2D eigenvalue weighted by molar-refractivity contribution is -0.114. The van der Waals surface area contributed by atoms with Gasteiger partial charge in [0.25, 0.3) is 0 Å². The van der Waals surface area contributed by atoms with Crippen molar-refractivity contribution in [2.24, 2.45) is 0 Å². The Balaban J connectivity index is 4.48. The second-order valence-corrected chi connectivity index (χ2v) is 2.81. The Morgan fingerprint density at radius 3 is 1.17 bits per heavy atom. The van der Waals surface area contributed by atoms with E-state index >= 15 is 0 Å². The minimum Gasteiger partial charge on any atom is -0.295 e. The number of hydrogen-bond donors (Lipinski definition) is 0. The summed E-state index contributed by atoms with van der Waals surface area (Å²) in [7, 11) is 0. The maximum Gasteiger partial charge on any atom is 0.155 e. The summed E-state index contributed by atoms with van der Waals surface area (Å²) < 4.78 is 0. The molecule has 0 aromatic rings. The average Bonchev–Trinajstić information content (AvgIpc) is 1.98. The Morgan fingerprint density at radius 2 is 1.00 bits per heavy atom. The summed E-state index contributed by atoms with van der Waals surface area (Å²) in [5.74, 6) is 0.0604. The summed E-state index contributed by atoms with van der Waals surface area (Å²) in [5.41, 5.74) is 1.33. The maximum absolute atomic E-state index is 10.7. The van der Waals surface area contributed by atoms with Crippen molar-refractivity contribution in [2.45, 2.75) is 27.7 Å². The van der Waals surface area contributed by atoms with Gasteiger partial charge in [0, 0.05) is 0 Å². The Bertz CT molecular complexity index is 229. The van der Waals surface area contributed by atoms with E-state index in [-0.39, 0.29) is 11.6 Å². The van der Waals surface area contributed by atoms with E-state index in [0.29, 0.717) is 11.1 Å². The fourth-order valence-electron chi connectivity index (χ4n) is 0.485. The molecule has 0 aromatic heterocycles. The van der Waals surface area contributed by atoms with Gasteiger partial charge in [-0.05, 0) is 38.8 Å². The highest BCUT2D eigenvalue weighted by atomic mass is 16.1. The predicted molar refractivity (Wildman–Crippen MR) is 48.9 cm³/mol. The molecule has 0 saturated heterocycles. The Hall–Kier alpha value is -1.18. The largest absolute Gasteiger partial charge is 0.295 e. The van der Waals surface area contributed by atoms with Gasteiger partial charge in [0.15, 0.2) is 11.6 Å². The molecule has 0 N–H and O–H groups in total. The van der Waals surface area contributed by atoms with Crippen LogP contribution in [0.4, 0.5) is 0 Å². The van der Waals surface area contributed by atoms with Crippen LogP contribution >= 0.6 is 0 Å². The molecule has 2 heteroatoms. The van der Waals surface area contributed by atoms with Crippen LogP contribution in [-0.2, 0) is 9.59 Å². The first kappa shape index (κ1) is 10.8. The molecular weight excluding hydrogens is 152 g/mol. The first-order valence-electron chi connectivity index (χ1n) is 3.82. The number of rotatable bonds is 3. The van der Waals surface area contributed by atoms with Crippen molar-refractivity contribution in [1.29, 1.82) is 0 Å². The highest BCUT2D eigenvalue weighted by molar-refractivity contribution is 5.95. The summed E-state index contributed by atoms with van der Waals surface area (Å²) in [6.07, 6.45) is 3.33. The Kier molecular flexibility index (Phi) is 4.19. The molecule has 2 nitrogen and oxygen atoms in total. The predicted octanol–water partition coefficient (Wildman–Crippen LogP) is 2.06. The number of hydrogen-bond acceptors (Lipinski definition) is 2. The number of ketones is 2. The Morgan fingerprint density at radius 1 is 0.750 bits per heavy atom. The fourth-order valence-corrected chi connectivity index (χ4v) is 0.485. The van der Waals surface area contributed by atoms with Crippen LogP contribution in [0.1, 0.15) is 27.7 Å². The third kappa shape index (κ3) is 3.86. The van der Waals surface area contributed by atoms with Gasteiger partial charge in [0.05, 0.1) is 0 Å². The van der Waals surface area contributed by atoms with Crippen molar-refractivity contribution in [3.8, 4) is 0 Å². The van der Waals surface area contributed by atoms with Crippen LogP contribution in [0.3, 0.4) is 0 Å². The van der Waals surface area contributed by atoms with E-state index in [1.807, 2.05) is 0 Å². The van der Waals surface area contributed by atoms with E-state index < -0.39 is 0 Å². The molecule has 0 amide bonds. The van der Waals surface area contributed by atoms with Gasteiger partial charge in [0.1, 0.15) is 0 Å². The molecule has 0 aliphatic carbocycles. The zero-order valence-corrected chi connectivity index (χ0v) is 7.97. The lowest BCUT2D eigenvalue weighted by atomic mass is 10.1. The van der Waals surface area contributed by atoms with Crippen LogP contribution in [-0.4, -0.2) is 11.6 Å². The topological polar surface area (TPSA) is 34.1 Å². The molecule has 0 saturated carbocycles. The van der Waals surface area contributed by atoms with Gasteiger partial charge in [-0.3, -0.25) is 9.59 Å². The molecule has 0 aliphatic rings. The number of carbonyl (C=O) groups is 2. The van der Waals surface area contributed by atoms with Gasteiger partial charge >= 0.3 is 0 Å². The van der Waals surface area contributed by atoms with Crippen molar-refractivity contribution in [3.63, 3.8) is 0 Å². The number of Topliss-reactive ketones (excluding diaryl/α,β-unsaturated/α-hetero) is 2. The van der Waals surface area contributed by atoms with Gasteiger partial charge < -0.3 is 0 Å². The molecule has 0 spiro atoms. The minimum absolute atomic E-state index is 0.0302. The van der Waals surface area contributed by atoms with Gasteiger partial charge in [-0.2, -0.15) is 0 Å². The molecule has 0 rings (SSSR count). The van der Waals surface area contributed by atoms with Crippen molar-refractivity contribution in [1.82, 2.24) is 0 Å². The molecule has 0 bridgehead atoms. The first-order valence-corrected chi connectivity index (χ1v) is 3.82. The van der Waals surface area contributed by atoms with Crippen molar-refractivity contribution in [3.05, 3.63) is 23.3 Å². The maximum atomic E-state index is 10.7. The summed E-state index contributed by atoms with van der Waals surface area (Å²) in [4.78, 5) is 21.5. The fraction of sp³-hybridized carbons (Fsp3) is 0.400. The van der Waals surface area contributed by atoms with E-state index in [2.05, 4.69) is 0 Å². The lowest BCUT2D eigenvalue weighted by Crippen LogP contribution is -1.92. The van der Waals surface area contributed by atoms with E-state index in [4.69, 9.17) is 0 Å². The van der Waals surface area contributed by atoms with Crippen LogP contribution in [0, 0.1) is 0 Å². The van der Waals surface area contributed by atoms with Crippen LogP contribution in [0.25, 0.3) is 0 Å². The molecule has 0 aromatic carbocycles. The summed E-state index contributed by atoms with van der Waals surface area (Å²) in [5, 5.41) is 0. The van der Waals surface area contributed by atoms with Gasteiger partial charge in [0.2, 0.25) is 0 Å². The summed E-state index contributed by atoms with van der Waals surface area (Å²) in [6.45, 7) is 6.46. The van der Waals surface area contributed by atoms with Gasteiger partial charge in [-0.15, -0.1) is 0 Å². The summed E-state index contributed by atoms with van der Waals surface area (Å²) >= 11 is 0. The van der Waals surface area contributed by atoms with Crippen LogP contribution in [0.5, 0.6) is 0 Å². The Labute approximate surface area is 73.0 Å². The quantitative estimate of drug-likeness (QED) is 0.475. The van der Waals surface area contributed by atoms with Crippen LogP contribution < -0.4 is 0 Å². The summed E-state index contributed by atoms with van der Waals surface area (Å²) in [6, 6.07) is 0. The lowest BCUT2D eigenvalue weighted by Gasteiger charge is -1.92. The van der Waals surface area contributed by atoms with E-state index in [9.17, 15) is 9.59 Å². The highest BCUT2D eigenvalue weighted by Gasteiger charge is 1.95. The average molecular weight is 166 g/mol. The van der Waals surface area contributed by atoms with Crippen molar-refractivity contribution >= 4 is 11.6 Å². The van der Waals surface area contributed by atoms with E-state index in [0.717, 1.165) is 0 Å².